The second-order valence-electron chi connectivity index (χ2n) is 11.7. The first kappa shape index (κ1) is 32.8. The lowest BCUT2D eigenvalue weighted by Crippen LogP contribution is -2.84. The largest absolute Gasteiger partial charge is 0.465 e. The second-order valence-corrected chi connectivity index (χ2v) is 13.3. The van der Waals surface area contributed by atoms with E-state index in [1.807, 2.05) is 12.1 Å². The van der Waals surface area contributed by atoms with Crippen molar-refractivity contribution in [3.63, 3.8) is 0 Å². The van der Waals surface area contributed by atoms with E-state index in [1.54, 1.807) is 25.1 Å². The van der Waals surface area contributed by atoms with Crippen molar-refractivity contribution in [3.8, 4) is 0 Å². The molecule has 0 spiro atoms. The van der Waals surface area contributed by atoms with Crippen molar-refractivity contribution in [2.45, 2.75) is 55.0 Å². The summed E-state index contributed by atoms with van der Waals surface area (Å²) in [6.45, 7) is 0.951. The number of carbonyl (C=O) groups is 4. The number of rotatable bonds is 12. The van der Waals surface area contributed by atoms with E-state index in [1.165, 1.54) is 30.7 Å². The SMILES string of the molecule is CCC(=O)NC[C@]1(C(N)=O)N(C(=O)O)CCC(CCNC(=O)c2cnccn2)[C@@]1(NS(=O)(=O)c1ccc2ccccc2c1)C1CC1. The summed E-state index contributed by atoms with van der Waals surface area (Å²) >= 11 is 0. The fourth-order valence-corrected chi connectivity index (χ4v) is 8.45. The quantitative estimate of drug-likeness (QED) is 0.192. The van der Waals surface area contributed by atoms with Crippen LogP contribution in [0.5, 0.6) is 0 Å². The smallest absolute Gasteiger partial charge is 0.408 e. The van der Waals surface area contributed by atoms with Gasteiger partial charge in [-0.1, -0.05) is 37.3 Å². The van der Waals surface area contributed by atoms with Gasteiger partial charge in [-0.3, -0.25) is 24.3 Å². The number of benzene rings is 2. The number of hydrogen-bond donors (Lipinski definition) is 5. The summed E-state index contributed by atoms with van der Waals surface area (Å²) in [6.07, 6.45) is 3.95. The lowest BCUT2D eigenvalue weighted by molar-refractivity contribution is -0.145. The molecule has 0 radical (unpaired) electrons. The first-order valence-electron chi connectivity index (χ1n) is 15.1. The van der Waals surface area contributed by atoms with Gasteiger partial charge < -0.3 is 21.5 Å². The maximum atomic E-state index is 14.4. The molecule has 3 atom stereocenters. The third kappa shape index (κ3) is 5.99. The highest BCUT2D eigenvalue weighted by Crippen LogP contribution is 2.55. The Bertz CT molecular complexity index is 1750. The molecule has 1 saturated heterocycles. The molecule has 1 unspecified atom stereocenters. The minimum atomic E-state index is -4.43. The highest BCUT2D eigenvalue weighted by atomic mass is 32.2. The van der Waals surface area contributed by atoms with Crippen molar-refractivity contribution in [2.75, 3.05) is 19.6 Å². The van der Waals surface area contributed by atoms with E-state index in [9.17, 15) is 32.7 Å². The third-order valence-electron chi connectivity index (χ3n) is 9.12. The van der Waals surface area contributed by atoms with Crippen molar-refractivity contribution < 1.29 is 32.7 Å². The topological polar surface area (TPSA) is 214 Å². The Morgan fingerprint density at radius 2 is 1.78 bits per heavy atom. The first-order valence-corrected chi connectivity index (χ1v) is 16.6. The molecule has 2 heterocycles. The zero-order valence-electron chi connectivity index (χ0n) is 25.3. The van der Waals surface area contributed by atoms with Crippen molar-refractivity contribution in [3.05, 3.63) is 66.7 Å². The fourth-order valence-electron chi connectivity index (χ4n) is 6.86. The zero-order valence-corrected chi connectivity index (χ0v) is 26.1. The van der Waals surface area contributed by atoms with Crippen LogP contribution in [0.3, 0.4) is 0 Å². The Morgan fingerprint density at radius 1 is 1.04 bits per heavy atom. The van der Waals surface area contributed by atoms with Gasteiger partial charge in [-0.2, -0.15) is 0 Å². The third-order valence-corrected chi connectivity index (χ3v) is 10.6. The van der Waals surface area contributed by atoms with Crippen LogP contribution in [-0.4, -0.2) is 82.9 Å². The first-order chi connectivity index (χ1) is 22.0. The van der Waals surface area contributed by atoms with E-state index < -0.39 is 63.3 Å². The molecule has 6 N–H and O–H groups in total. The predicted octanol–water partition coefficient (Wildman–Crippen LogP) is 1.63. The van der Waals surface area contributed by atoms with Crippen LogP contribution >= 0.6 is 0 Å². The number of nitrogens with two attached hydrogens (primary N) is 1. The van der Waals surface area contributed by atoms with Gasteiger partial charge in [-0.15, -0.1) is 0 Å². The molecule has 1 aliphatic heterocycles. The normalized spacial score (nSPS) is 23.1. The van der Waals surface area contributed by atoms with Crippen LogP contribution in [0.15, 0.2) is 66.0 Å². The van der Waals surface area contributed by atoms with Gasteiger partial charge in [0.2, 0.25) is 21.8 Å². The van der Waals surface area contributed by atoms with Crippen LogP contribution in [0, 0.1) is 11.8 Å². The van der Waals surface area contributed by atoms with Gasteiger partial charge in [0.15, 0.2) is 5.54 Å². The molecule has 1 saturated carbocycles. The van der Waals surface area contributed by atoms with Crippen molar-refractivity contribution in [2.24, 2.45) is 17.6 Å². The van der Waals surface area contributed by atoms with Gasteiger partial charge in [-0.05, 0) is 60.4 Å². The van der Waals surface area contributed by atoms with Gasteiger partial charge in [0.05, 0.1) is 23.2 Å². The molecule has 14 nitrogen and oxygen atoms in total. The number of carboxylic acid groups (broad SMARTS) is 1. The highest BCUT2D eigenvalue weighted by Gasteiger charge is 2.71. The molecular weight excluding hydrogens is 614 g/mol. The van der Waals surface area contributed by atoms with Crippen LogP contribution < -0.4 is 21.1 Å². The minimum absolute atomic E-state index is 0.0407. The van der Waals surface area contributed by atoms with Crippen LogP contribution in [0.25, 0.3) is 10.8 Å². The Hall–Kier alpha value is -4.63. The monoisotopic (exact) mass is 651 g/mol. The number of amides is 4. The number of hydrogen-bond acceptors (Lipinski definition) is 8. The van der Waals surface area contributed by atoms with Crippen LogP contribution in [0.2, 0.25) is 0 Å². The van der Waals surface area contributed by atoms with Crippen LogP contribution in [-0.2, 0) is 19.6 Å². The Balaban J connectivity index is 1.62. The summed E-state index contributed by atoms with van der Waals surface area (Å²) in [5.74, 6) is -3.24. The van der Waals surface area contributed by atoms with E-state index in [-0.39, 0.29) is 42.9 Å². The van der Waals surface area contributed by atoms with Gasteiger partial charge in [0.25, 0.3) is 5.91 Å². The lowest BCUT2D eigenvalue weighted by atomic mass is 9.60. The van der Waals surface area contributed by atoms with Crippen LogP contribution in [0.1, 0.15) is 49.5 Å². The van der Waals surface area contributed by atoms with Crippen molar-refractivity contribution in [1.82, 2.24) is 30.2 Å². The Labute approximate surface area is 266 Å². The number of fused-ring (bicyclic) bond motifs is 1. The summed E-state index contributed by atoms with van der Waals surface area (Å²) < 4.78 is 31.6. The minimum Gasteiger partial charge on any atom is -0.465 e. The van der Waals surface area contributed by atoms with E-state index in [0.29, 0.717) is 18.2 Å². The fraction of sp³-hybridized carbons (Fsp3) is 0.419. The molecule has 3 aromatic rings. The maximum absolute atomic E-state index is 14.4. The Morgan fingerprint density at radius 3 is 2.41 bits per heavy atom. The standard InChI is InChI=1S/C31H37N7O7S/c1-2-26(39)36-19-30(28(32)41)31(22-8-9-22,37-46(44,45)24-10-7-20-5-3-4-6-21(20)17-24)23(12-16-38(30)29(42)43)11-13-35-27(40)25-18-33-14-15-34-25/h3-7,10,14-15,17-18,22-23,37H,2,8-9,11-13,16,19H2,1H3,(H2,32,41)(H,35,40)(H,36,39)(H,42,43)/t23?,30-,31+/m1/s1. The molecule has 1 aromatic heterocycles. The molecular formula is C31H37N7O7S. The molecule has 15 heteroatoms. The predicted molar refractivity (Wildman–Crippen MR) is 167 cm³/mol. The molecule has 4 amide bonds. The van der Waals surface area contributed by atoms with E-state index >= 15 is 0 Å². The number of nitrogens with zero attached hydrogens (tertiary/aromatic N) is 3. The average molecular weight is 652 g/mol. The van der Waals surface area contributed by atoms with Gasteiger partial charge in [0.1, 0.15) is 5.69 Å². The molecule has 5 rings (SSSR count). The number of carbonyl (C=O) groups excluding carboxylic acids is 3. The highest BCUT2D eigenvalue weighted by molar-refractivity contribution is 7.89. The van der Waals surface area contributed by atoms with Crippen molar-refractivity contribution in [1.29, 1.82) is 0 Å². The van der Waals surface area contributed by atoms with Gasteiger partial charge in [-0.25, -0.2) is 22.9 Å². The number of aromatic nitrogens is 2. The average Bonchev–Trinajstić information content (AvgIpc) is 3.90. The molecule has 46 heavy (non-hydrogen) atoms. The number of nitrogens with one attached hydrogen (secondary N) is 3. The van der Waals surface area contributed by atoms with Gasteiger partial charge >= 0.3 is 6.09 Å². The summed E-state index contributed by atoms with van der Waals surface area (Å²) in [5, 5.41) is 17.3. The van der Waals surface area contributed by atoms with Gasteiger partial charge in [0, 0.05) is 31.9 Å². The summed E-state index contributed by atoms with van der Waals surface area (Å²) in [4.78, 5) is 60.7. The molecule has 244 valence electrons. The number of piperidine rings is 1. The molecule has 1 aliphatic carbocycles. The van der Waals surface area contributed by atoms with E-state index in [2.05, 4.69) is 25.3 Å². The number of likely N-dealkylation sites (tertiary alicyclic amines) is 1. The van der Waals surface area contributed by atoms with E-state index in [0.717, 1.165) is 10.3 Å². The van der Waals surface area contributed by atoms with Crippen LogP contribution in [0.4, 0.5) is 4.79 Å². The van der Waals surface area contributed by atoms with Crippen molar-refractivity contribution >= 4 is 44.6 Å². The number of sulfonamides is 1. The Kier molecular flexibility index (Phi) is 9.26. The second kappa shape index (κ2) is 13.0. The molecule has 2 aromatic carbocycles. The molecule has 2 fully saturated rings. The number of primary amides is 1. The lowest BCUT2D eigenvalue weighted by Gasteiger charge is -2.60. The zero-order chi connectivity index (χ0) is 33.1. The molecule has 0 bridgehead atoms. The molecule has 2 aliphatic rings. The maximum Gasteiger partial charge on any atom is 0.408 e. The summed E-state index contributed by atoms with van der Waals surface area (Å²) in [7, 11) is -4.43. The summed E-state index contributed by atoms with van der Waals surface area (Å²) in [5.41, 5.74) is 2.24. The van der Waals surface area contributed by atoms with E-state index in [4.69, 9.17) is 5.73 Å². The summed E-state index contributed by atoms with van der Waals surface area (Å²) in [6, 6.07) is 11.9.